The van der Waals surface area contributed by atoms with Gasteiger partial charge < -0.3 is 34.3 Å². The zero-order valence-corrected chi connectivity index (χ0v) is 21.7. The van der Waals surface area contributed by atoms with Crippen LogP contribution in [0.15, 0.2) is 30.5 Å². The van der Waals surface area contributed by atoms with Gasteiger partial charge in [0.15, 0.2) is 17.3 Å². The number of hydrogen-bond acceptors (Lipinski definition) is 10. The first kappa shape index (κ1) is 26.7. The first-order valence-electron chi connectivity index (χ1n) is 11.8. The normalized spacial score (nSPS) is 15.0. The van der Waals surface area contributed by atoms with Crippen molar-refractivity contribution >= 4 is 11.8 Å². The minimum absolute atomic E-state index is 0.0624. The molecular formula is C28H29NO9. The van der Waals surface area contributed by atoms with Gasteiger partial charge in [-0.1, -0.05) is 6.07 Å². The fourth-order valence-corrected chi connectivity index (χ4v) is 4.77. The Hall–Kier alpha value is -4.31. The number of ether oxygens (including phenoxy) is 4. The summed E-state index contributed by atoms with van der Waals surface area (Å²) in [5.74, 6) is -2.18. The van der Waals surface area contributed by atoms with Gasteiger partial charge in [-0.15, -0.1) is 0 Å². The lowest BCUT2D eigenvalue weighted by atomic mass is 9.83. The van der Waals surface area contributed by atoms with Crippen molar-refractivity contribution in [1.29, 1.82) is 0 Å². The number of rotatable bonds is 8. The maximum atomic E-state index is 12.6. The van der Waals surface area contributed by atoms with Crippen molar-refractivity contribution in [3.8, 4) is 28.7 Å². The van der Waals surface area contributed by atoms with E-state index >= 15 is 0 Å². The molecule has 2 heterocycles. The van der Waals surface area contributed by atoms with Gasteiger partial charge in [0.1, 0.15) is 23.4 Å². The topological polar surface area (TPSA) is 145 Å². The van der Waals surface area contributed by atoms with Crippen LogP contribution in [0.3, 0.4) is 0 Å². The molecule has 2 atom stereocenters. The van der Waals surface area contributed by atoms with Crippen molar-refractivity contribution in [3.05, 3.63) is 69.5 Å². The van der Waals surface area contributed by atoms with Crippen LogP contribution in [0, 0.1) is 6.92 Å². The highest BCUT2D eigenvalue weighted by Crippen LogP contribution is 2.51. The molecule has 0 bridgehead atoms. The molecule has 3 N–H and O–H groups in total. The number of pyridine rings is 1. The summed E-state index contributed by atoms with van der Waals surface area (Å²) in [5, 5.41) is 33.6. The lowest BCUT2D eigenvalue weighted by molar-refractivity contribution is -0.140. The van der Waals surface area contributed by atoms with Crippen molar-refractivity contribution in [1.82, 2.24) is 4.98 Å². The van der Waals surface area contributed by atoms with Crippen molar-refractivity contribution < 1.29 is 43.9 Å². The molecule has 0 radical (unpaired) electrons. The van der Waals surface area contributed by atoms with E-state index in [9.17, 15) is 24.9 Å². The number of fused-ring (bicyclic) bond motifs is 1. The Labute approximate surface area is 219 Å². The van der Waals surface area contributed by atoms with Crippen LogP contribution in [-0.4, -0.2) is 53.4 Å². The third-order valence-electron chi connectivity index (χ3n) is 6.78. The minimum Gasteiger partial charge on any atom is -0.507 e. The molecular weight excluding hydrogens is 494 g/mol. The molecule has 1 aliphatic rings. The highest BCUT2D eigenvalue weighted by atomic mass is 16.5. The van der Waals surface area contributed by atoms with Gasteiger partial charge in [0, 0.05) is 34.4 Å². The SMILES string of the molecule is COC(=O)C[C@@H](c1ccc(OC)c(OC)c1)c1c(O)c(C(C)=O)cc([C@@H]2OCc3cnc(C)c(O)c32)c1O. The molecule has 1 aromatic heterocycles. The first-order chi connectivity index (χ1) is 18.1. The van der Waals surface area contributed by atoms with Gasteiger partial charge in [-0.2, -0.15) is 0 Å². The Morgan fingerprint density at radius 1 is 1.05 bits per heavy atom. The zero-order valence-electron chi connectivity index (χ0n) is 21.7. The fraction of sp³-hybridized carbons (Fsp3) is 0.321. The first-order valence-corrected chi connectivity index (χ1v) is 11.8. The zero-order chi connectivity index (χ0) is 27.7. The van der Waals surface area contributed by atoms with E-state index < -0.39 is 29.5 Å². The molecule has 2 aromatic carbocycles. The molecule has 0 aliphatic carbocycles. The number of aromatic nitrogens is 1. The average molecular weight is 524 g/mol. The smallest absolute Gasteiger partial charge is 0.306 e. The van der Waals surface area contributed by atoms with Crippen LogP contribution in [0.2, 0.25) is 0 Å². The van der Waals surface area contributed by atoms with Crippen LogP contribution in [0.5, 0.6) is 28.7 Å². The molecule has 0 fully saturated rings. The van der Waals surface area contributed by atoms with Gasteiger partial charge >= 0.3 is 5.97 Å². The summed E-state index contributed by atoms with van der Waals surface area (Å²) in [6.07, 6.45) is 0.358. The average Bonchev–Trinajstić information content (AvgIpc) is 3.34. The number of benzene rings is 2. The molecule has 10 nitrogen and oxygen atoms in total. The quantitative estimate of drug-likeness (QED) is 0.292. The van der Waals surface area contributed by atoms with Crippen LogP contribution >= 0.6 is 0 Å². The standard InChI is InChI=1S/C28H29NO9/c1-13-25(32)23-16(11-29-13)12-38-28(23)19-9-17(14(2)30)26(33)24(27(19)34)18(10-22(31)37-5)15-6-7-20(35-3)21(8-15)36-4/h6-9,11,18,28,32-34H,10,12H2,1-5H3/t18-,28-/m0/s1. The second kappa shape index (κ2) is 10.6. The summed E-state index contributed by atoms with van der Waals surface area (Å²) < 4.78 is 21.6. The molecule has 0 saturated carbocycles. The molecule has 1 aliphatic heterocycles. The van der Waals surface area contributed by atoms with Gasteiger partial charge in [0.2, 0.25) is 0 Å². The summed E-state index contributed by atoms with van der Waals surface area (Å²) in [4.78, 5) is 29.3. The fourth-order valence-electron chi connectivity index (χ4n) is 4.77. The van der Waals surface area contributed by atoms with Crippen LogP contribution in [-0.2, 0) is 20.9 Å². The van der Waals surface area contributed by atoms with E-state index in [1.807, 2.05) is 0 Å². The number of aryl methyl sites for hydroxylation is 1. The van der Waals surface area contributed by atoms with Gasteiger partial charge in [0.05, 0.1) is 45.6 Å². The predicted molar refractivity (Wildman–Crippen MR) is 135 cm³/mol. The van der Waals surface area contributed by atoms with E-state index in [-0.39, 0.29) is 41.2 Å². The number of esters is 1. The van der Waals surface area contributed by atoms with Gasteiger partial charge in [-0.25, -0.2) is 0 Å². The van der Waals surface area contributed by atoms with Crippen LogP contribution < -0.4 is 9.47 Å². The summed E-state index contributed by atoms with van der Waals surface area (Å²) in [6.45, 7) is 3.03. The van der Waals surface area contributed by atoms with Crippen molar-refractivity contribution in [2.45, 2.75) is 38.9 Å². The van der Waals surface area contributed by atoms with Crippen LogP contribution in [0.25, 0.3) is 0 Å². The summed E-state index contributed by atoms with van der Waals surface area (Å²) >= 11 is 0. The Bertz CT molecular complexity index is 1420. The van der Waals surface area contributed by atoms with E-state index in [1.54, 1.807) is 31.3 Å². The van der Waals surface area contributed by atoms with E-state index in [4.69, 9.17) is 18.9 Å². The Morgan fingerprint density at radius 3 is 2.39 bits per heavy atom. The molecule has 0 saturated heterocycles. The van der Waals surface area contributed by atoms with E-state index in [0.717, 1.165) is 0 Å². The Kier molecular flexibility index (Phi) is 7.45. The highest BCUT2D eigenvalue weighted by molar-refractivity contribution is 5.98. The highest BCUT2D eigenvalue weighted by Gasteiger charge is 2.36. The minimum atomic E-state index is -0.951. The molecule has 0 amide bonds. The summed E-state index contributed by atoms with van der Waals surface area (Å²) in [7, 11) is 4.17. The lowest BCUT2D eigenvalue weighted by Crippen LogP contribution is -2.14. The third-order valence-corrected chi connectivity index (χ3v) is 6.78. The van der Waals surface area contributed by atoms with Gasteiger partial charge in [-0.05, 0) is 37.6 Å². The molecule has 200 valence electrons. The molecule has 4 rings (SSSR count). The largest absolute Gasteiger partial charge is 0.507 e. The molecule has 3 aromatic rings. The van der Waals surface area contributed by atoms with E-state index in [2.05, 4.69) is 4.98 Å². The predicted octanol–water partition coefficient (Wildman–Crippen LogP) is 4.04. The van der Waals surface area contributed by atoms with Crippen LogP contribution in [0.1, 0.15) is 69.2 Å². The lowest BCUT2D eigenvalue weighted by Gasteiger charge is -2.25. The number of carbonyl (C=O) groups excluding carboxylic acids is 2. The number of methoxy groups -OCH3 is 3. The van der Waals surface area contributed by atoms with Crippen molar-refractivity contribution in [3.63, 3.8) is 0 Å². The number of ketones is 1. The van der Waals surface area contributed by atoms with Crippen molar-refractivity contribution in [2.75, 3.05) is 21.3 Å². The summed E-state index contributed by atoms with van der Waals surface area (Å²) in [5.41, 5.74) is 1.91. The summed E-state index contributed by atoms with van der Waals surface area (Å²) in [6, 6.07) is 6.26. The van der Waals surface area contributed by atoms with E-state index in [0.29, 0.717) is 33.9 Å². The second-order valence-electron chi connectivity index (χ2n) is 8.95. The molecule has 0 spiro atoms. The maximum Gasteiger partial charge on any atom is 0.306 e. The second-order valence-corrected chi connectivity index (χ2v) is 8.95. The number of aromatic hydroxyl groups is 3. The number of phenols is 2. The van der Waals surface area contributed by atoms with Crippen molar-refractivity contribution in [2.24, 2.45) is 0 Å². The Morgan fingerprint density at radius 2 is 1.76 bits per heavy atom. The number of hydrogen-bond donors (Lipinski definition) is 3. The number of phenolic OH excluding ortho intramolecular Hbond substituents is 2. The van der Waals surface area contributed by atoms with Gasteiger partial charge in [0.25, 0.3) is 0 Å². The Balaban J connectivity index is 1.99. The van der Waals surface area contributed by atoms with E-state index in [1.165, 1.54) is 34.3 Å². The molecule has 0 unspecified atom stereocenters. The molecule has 10 heteroatoms. The third kappa shape index (κ3) is 4.58. The number of carbonyl (C=O) groups is 2. The number of nitrogens with zero attached hydrogens (tertiary/aromatic N) is 1. The van der Waals surface area contributed by atoms with Gasteiger partial charge in [-0.3, -0.25) is 14.6 Å². The maximum absolute atomic E-state index is 12.6. The number of Topliss-reactive ketones (excluding diaryl/α,β-unsaturated/α-hetero) is 1. The molecule has 38 heavy (non-hydrogen) atoms. The van der Waals surface area contributed by atoms with Crippen LogP contribution in [0.4, 0.5) is 0 Å². The monoisotopic (exact) mass is 523 g/mol.